The van der Waals surface area contributed by atoms with Gasteiger partial charge in [0.05, 0.1) is 18.1 Å². The molecule has 0 heterocycles. The summed E-state index contributed by atoms with van der Waals surface area (Å²) in [5.74, 6) is 6.04. The van der Waals surface area contributed by atoms with E-state index in [-0.39, 0.29) is 11.7 Å². The lowest BCUT2D eigenvalue weighted by Crippen LogP contribution is -1.99. The molecule has 0 amide bonds. The summed E-state index contributed by atoms with van der Waals surface area (Å²) in [6.07, 6.45) is 3.27. The van der Waals surface area contributed by atoms with Crippen molar-refractivity contribution in [2.45, 2.75) is 26.2 Å². The van der Waals surface area contributed by atoms with Gasteiger partial charge in [0.25, 0.3) is 0 Å². The monoisotopic (exact) mass is 254 g/mol. The van der Waals surface area contributed by atoms with Crippen molar-refractivity contribution in [2.75, 3.05) is 12.5 Å². The molecule has 0 aliphatic carbocycles. The Morgan fingerprint density at radius 1 is 1.35 bits per heavy atom. The molecule has 1 nitrogen and oxygen atoms in total. The Morgan fingerprint density at radius 3 is 2.88 bits per heavy atom. The number of hydrogen-bond donors (Lipinski definition) is 0. The summed E-state index contributed by atoms with van der Waals surface area (Å²) < 4.78 is 18.6. The van der Waals surface area contributed by atoms with Crippen LogP contribution in [0.1, 0.15) is 31.7 Å². The molecule has 1 aromatic carbocycles. The van der Waals surface area contributed by atoms with Crippen molar-refractivity contribution in [3.8, 4) is 17.6 Å². The normalized spacial score (nSPS) is 9.59. The van der Waals surface area contributed by atoms with Crippen molar-refractivity contribution in [3.05, 3.63) is 29.6 Å². The first-order valence-corrected chi connectivity index (χ1v) is 6.28. The summed E-state index contributed by atoms with van der Waals surface area (Å²) in [5, 5.41) is 0. The molecule has 0 unspecified atom stereocenters. The van der Waals surface area contributed by atoms with Gasteiger partial charge in [-0.15, -0.1) is 11.6 Å². The molecule has 0 saturated carbocycles. The molecule has 0 fully saturated rings. The maximum absolute atomic E-state index is 13.1. The van der Waals surface area contributed by atoms with Crippen LogP contribution in [0.2, 0.25) is 0 Å². The standard InChI is InChI=1S/C14H16ClFO/c1-2-3-4-10-17-14-8-7-13(16)11-12(14)6-5-9-15/h7-8,11H,2-4,9-10H2,1H3. The van der Waals surface area contributed by atoms with Crippen molar-refractivity contribution < 1.29 is 9.13 Å². The quantitative estimate of drug-likeness (QED) is 0.439. The third-order valence-electron chi connectivity index (χ3n) is 2.24. The fraction of sp³-hybridized carbons (Fsp3) is 0.429. The third-order valence-corrected chi connectivity index (χ3v) is 2.37. The van der Waals surface area contributed by atoms with E-state index in [9.17, 15) is 4.39 Å². The number of ether oxygens (including phenoxy) is 1. The topological polar surface area (TPSA) is 9.23 Å². The first kappa shape index (κ1) is 13.9. The third kappa shape index (κ3) is 5.10. The highest BCUT2D eigenvalue weighted by atomic mass is 35.5. The van der Waals surface area contributed by atoms with Crippen LogP contribution in [0.25, 0.3) is 0 Å². The lowest BCUT2D eigenvalue weighted by atomic mass is 10.2. The van der Waals surface area contributed by atoms with E-state index in [1.165, 1.54) is 12.1 Å². The average Bonchev–Trinajstić information content (AvgIpc) is 2.34. The second kappa shape index (κ2) is 7.97. The molecule has 0 saturated heterocycles. The van der Waals surface area contributed by atoms with Crippen LogP contribution < -0.4 is 4.74 Å². The molecule has 1 aromatic rings. The van der Waals surface area contributed by atoms with Gasteiger partial charge in [-0.3, -0.25) is 0 Å². The van der Waals surface area contributed by atoms with E-state index >= 15 is 0 Å². The van der Waals surface area contributed by atoms with Gasteiger partial charge in [0.15, 0.2) is 0 Å². The Labute approximate surface area is 107 Å². The highest BCUT2D eigenvalue weighted by Crippen LogP contribution is 2.19. The van der Waals surface area contributed by atoms with Crippen molar-refractivity contribution in [1.29, 1.82) is 0 Å². The largest absolute Gasteiger partial charge is 0.492 e. The van der Waals surface area contributed by atoms with E-state index in [1.807, 2.05) is 0 Å². The van der Waals surface area contributed by atoms with E-state index in [0.29, 0.717) is 17.9 Å². The van der Waals surface area contributed by atoms with Crippen molar-refractivity contribution >= 4 is 11.6 Å². The number of rotatable bonds is 5. The molecule has 0 radical (unpaired) electrons. The van der Waals surface area contributed by atoms with E-state index in [2.05, 4.69) is 18.8 Å². The Hall–Kier alpha value is -1.20. The van der Waals surface area contributed by atoms with Gasteiger partial charge < -0.3 is 4.74 Å². The van der Waals surface area contributed by atoms with E-state index in [0.717, 1.165) is 19.3 Å². The zero-order chi connectivity index (χ0) is 12.5. The molecule has 0 aliphatic heterocycles. The van der Waals surface area contributed by atoms with Gasteiger partial charge in [-0.25, -0.2) is 4.39 Å². The second-order valence-corrected chi connectivity index (χ2v) is 3.90. The molecule has 1 rings (SSSR count). The minimum absolute atomic E-state index is 0.228. The number of unbranched alkanes of at least 4 members (excludes halogenated alkanes) is 2. The first-order valence-electron chi connectivity index (χ1n) is 5.75. The van der Waals surface area contributed by atoms with Gasteiger partial charge in [-0.2, -0.15) is 0 Å². The van der Waals surface area contributed by atoms with E-state index in [1.54, 1.807) is 6.07 Å². The Kier molecular flexibility index (Phi) is 6.50. The van der Waals surface area contributed by atoms with Crippen molar-refractivity contribution in [3.63, 3.8) is 0 Å². The van der Waals surface area contributed by atoms with Crippen molar-refractivity contribution in [2.24, 2.45) is 0 Å². The van der Waals surface area contributed by atoms with Crippen LogP contribution in [0.4, 0.5) is 4.39 Å². The molecule has 0 aliphatic rings. The number of benzene rings is 1. The van der Waals surface area contributed by atoms with E-state index in [4.69, 9.17) is 16.3 Å². The molecule has 92 valence electrons. The predicted molar refractivity (Wildman–Crippen MR) is 69.0 cm³/mol. The highest BCUT2D eigenvalue weighted by Gasteiger charge is 2.02. The van der Waals surface area contributed by atoms with Gasteiger partial charge in [-0.05, 0) is 24.6 Å². The second-order valence-electron chi connectivity index (χ2n) is 3.63. The smallest absolute Gasteiger partial charge is 0.135 e. The summed E-state index contributed by atoms with van der Waals surface area (Å²) in [4.78, 5) is 0. The van der Waals surface area contributed by atoms with Gasteiger partial charge in [0.1, 0.15) is 11.6 Å². The summed E-state index contributed by atoms with van der Waals surface area (Å²) in [5.41, 5.74) is 0.558. The average molecular weight is 255 g/mol. The lowest BCUT2D eigenvalue weighted by molar-refractivity contribution is 0.305. The zero-order valence-electron chi connectivity index (χ0n) is 9.93. The van der Waals surface area contributed by atoms with Crippen LogP contribution in [-0.2, 0) is 0 Å². The fourth-order valence-electron chi connectivity index (χ4n) is 1.39. The van der Waals surface area contributed by atoms with Gasteiger partial charge in [-0.1, -0.05) is 31.6 Å². The molecular formula is C14H16ClFO. The SMILES string of the molecule is CCCCCOc1ccc(F)cc1C#CCCl. The van der Waals surface area contributed by atoms with Gasteiger partial charge in [0.2, 0.25) is 0 Å². The van der Waals surface area contributed by atoms with Gasteiger partial charge in [0, 0.05) is 0 Å². The maximum atomic E-state index is 13.1. The Bertz CT molecular complexity index is 406. The highest BCUT2D eigenvalue weighted by molar-refractivity contribution is 6.19. The summed E-state index contributed by atoms with van der Waals surface area (Å²) >= 11 is 5.48. The minimum atomic E-state index is -0.315. The van der Waals surface area contributed by atoms with Crippen LogP contribution in [-0.4, -0.2) is 12.5 Å². The van der Waals surface area contributed by atoms with Crippen LogP contribution in [0.15, 0.2) is 18.2 Å². The lowest BCUT2D eigenvalue weighted by Gasteiger charge is -2.07. The first-order chi connectivity index (χ1) is 8.27. The summed E-state index contributed by atoms with van der Waals surface area (Å²) in [6.45, 7) is 2.77. The van der Waals surface area contributed by atoms with Gasteiger partial charge >= 0.3 is 0 Å². The maximum Gasteiger partial charge on any atom is 0.135 e. The summed E-state index contributed by atoms with van der Waals surface area (Å²) in [7, 11) is 0. The van der Waals surface area contributed by atoms with E-state index < -0.39 is 0 Å². The van der Waals surface area contributed by atoms with Crippen LogP contribution in [0.3, 0.4) is 0 Å². The Morgan fingerprint density at radius 2 is 2.18 bits per heavy atom. The molecule has 0 atom stereocenters. The zero-order valence-corrected chi connectivity index (χ0v) is 10.7. The molecule has 0 spiro atoms. The molecule has 17 heavy (non-hydrogen) atoms. The predicted octanol–water partition coefficient (Wildman–Crippen LogP) is 3.99. The minimum Gasteiger partial charge on any atom is -0.492 e. The molecule has 0 N–H and O–H groups in total. The molecule has 0 aromatic heterocycles. The Balaban J connectivity index is 2.69. The van der Waals surface area contributed by atoms with Crippen LogP contribution in [0, 0.1) is 17.7 Å². The molecular weight excluding hydrogens is 239 g/mol. The number of hydrogen-bond acceptors (Lipinski definition) is 1. The number of halogens is 2. The number of alkyl halides is 1. The van der Waals surface area contributed by atoms with Crippen LogP contribution in [0.5, 0.6) is 5.75 Å². The van der Waals surface area contributed by atoms with Crippen LogP contribution >= 0.6 is 11.6 Å². The molecule has 3 heteroatoms. The fourth-order valence-corrected chi connectivity index (χ4v) is 1.46. The van der Waals surface area contributed by atoms with Crippen molar-refractivity contribution in [1.82, 2.24) is 0 Å². The molecule has 0 bridgehead atoms. The summed E-state index contributed by atoms with van der Waals surface area (Å²) in [6, 6.07) is 4.36.